The predicted octanol–water partition coefficient (Wildman–Crippen LogP) is 2.86. The molecule has 0 aliphatic carbocycles. The van der Waals surface area contributed by atoms with Crippen molar-refractivity contribution in [2.45, 2.75) is 32.2 Å². The molecule has 132 valence electrons. The summed E-state index contributed by atoms with van der Waals surface area (Å²) in [6.07, 6.45) is 8.90. The summed E-state index contributed by atoms with van der Waals surface area (Å²) in [7, 11) is 0. The Kier molecular flexibility index (Phi) is 6.33. The summed E-state index contributed by atoms with van der Waals surface area (Å²) in [4.78, 5) is 19.2. The lowest BCUT2D eigenvalue weighted by atomic mass is 10.1. The van der Waals surface area contributed by atoms with Crippen molar-refractivity contribution in [3.05, 3.63) is 58.1 Å². The molecule has 1 amide bonds. The van der Waals surface area contributed by atoms with Crippen LogP contribution in [-0.2, 0) is 22.7 Å². The molecule has 1 saturated heterocycles. The number of thiophene rings is 1. The second kappa shape index (κ2) is 8.89. The van der Waals surface area contributed by atoms with Gasteiger partial charge in [-0.15, -0.1) is 11.3 Å². The Morgan fingerprint density at radius 1 is 1.40 bits per heavy atom. The van der Waals surface area contributed by atoms with E-state index in [2.05, 4.69) is 4.98 Å². The van der Waals surface area contributed by atoms with E-state index < -0.39 is 0 Å². The number of carbonyl (C=O) groups is 1. The number of likely N-dealkylation sites (tertiary alicyclic amines) is 1. The van der Waals surface area contributed by atoms with E-state index in [9.17, 15) is 4.79 Å². The number of aromatic nitrogens is 1. The summed E-state index contributed by atoms with van der Waals surface area (Å²) in [5.74, 6) is 0.0321. The summed E-state index contributed by atoms with van der Waals surface area (Å²) >= 11 is 1.53. The number of ether oxygens (including phenoxy) is 1. The second-order valence-corrected chi connectivity index (χ2v) is 6.99. The predicted molar refractivity (Wildman–Crippen MR) is 97.9 cm³/mol. The first-order valence-corrected chi connectivity index (χ1v) is 9.28. The maximum absolute atomic E-state index is 12.3. The Labute approximate surface area is 151 Å². The van der Waals surface area contributed by atoms with Crippen molar-refractivity contribution < 1.29 is 14.6 Å². The van der Waals surface area contributed by atoms with Gasteiger partial charge in [0.05, 0.1) is 19.3 Å². The van der Waals surface area contributed by atoms with Gasteiger partial charge < -0.3 is 14.7 Å². The van der Waals surface area contributed by atoms with Gasteiger partial charge in [-0.2, -0.15) is 0 Å². The molecule has 0 unspecified atom stereocenters. The fourth-order valence-corrected chi connectivity index (χ4v) is 3.56. The number of aliphatic hydroxyl groups is 1. The van der Waals surface area contributed by atoms with Crippen molar-refractivity contribution >= 4 is 23.3 Å². The van der Waals surface area contributed by atoms with Gasteiger partial charge in [0.15, 0.2) is 0 Å². The largest absolute Gasteiger partial charge is 0.392 e. The molecule has 0 atom stereocenters. The first-order valence-electron chi connectivity index (χ1n) is 8.40. The summed E-state index contributed by atoms with van der Waals surface area (Å²) in [5, 5.41) is 11.0. The van der Waals surface area contributed by atoms with Gasteiger partial charge in [0.25, 0.3) is 0 Å². The molecule has 3 rings (SSSR count). The van der Waals surface area contributed by atoms with Crippen molar-refractivity contribution in [1.82, 2.24) is 9.88 Å². The van der Waals surface area contributed by atoms with Crippen LogP contribution in [0.25, 0.3) is 6.08 Å². The van der Waals surface area contributed by atoms with Crippen LogP contribution in [0, 0.1) is 0 Å². The lowest BCUT2D eigenvalue weighted by molar-refractivity contribution is -0.128. The topological polar surface area (TPSA) is 62.7 Å². The van der Waals surface area contributed by atoms with Crippen LogP contribution in [0.5, 0.6) is 0 Å². The molecule has 3 heterocycles. The van der Waals surface area contributed by atoms with Gasteiger partial charge in [0.1, 0.15) is 0 Å². The van der Waals surface area contributed by atoms with Crippen molar-refractivity contribution in [1.29, 1.82) is 0 Å². The maximum Gasteiger partial charge on any atom is 0.246 e. The van der Waals surface area contributed by atoms with E-state index in [0.717, 1.165) is 28.8 Å². The molecular weight excluding hydrogens is 336 g/mol. The molecule has 1 aliphatic rings. The number of nitrogens with zero attached hydrogens (tertiary/aromatic N) is 2. The number of hydrogen-bond acceptors (Lipinski definition) is 5. The number of piperidine rings is 1. The highest BCUT2D eigenvalue weighted by molar-refractivity contribution is 7.11. The van der Waals surface area contributed by atoms with Crippen LogP contribution in [0.1, 0.15) is 28.8 Å². The lowest BCUT2D eigenvalue weighted by Gasteiger charge is -2.31. The Balaban J connectivity index is 1.42. The average Bonchev–Trinajstić information content (AvgIpc) is 3.14. The minimum atomic E-state index is 0.0321. The highest BCUT2D eigenvalue weighted by Gasteiger charge is 2.22. The third-order valence-electron chi connectivity index (χ3n) is 4.21. The van der Waals surface area contributed by atoms with E-state index in [0.29, 0.717) is 19.7 Å². The highest BCUT2D eigenvalue weighted by Crippen LogP contribution is 2.18. The van der Waals surface area contributed by atoms with Crippen molar-refractivity contribution in [2.75, 3.05) is 13.1 Å². The maximum atomic E-state index is 12.3. The van der Waals surface area contributed by atoms with E-state index in [1.807, 2.05) is 40.8 Å². The fraction of sp³-hybridized carbons (Fsp3) is 0.368. The number of aliphatic hydroxyl groups excluding tert-OH is 1. The van der Waals surface area contributed by atoms with Crippen molar-refractivity contribution in [2.24, 2.45) is 0 Å². The summed E-state index contributed by atoms with van der Waals surface area (Å²) in [6.45, 7) is 2.03. The molecule has 25 heavy (non-hydrogen) atoms. The number of pyridine rings is 1. The fourth-order valence-electron chi connectivity index (χ4n) is 2.76. The molecule has 0 saturated carbocycles. The first kappa shape index (κ1) is 17.8. The van der Waals surface area contributed by atoms with Crippen LogP contribution in [-0.4, -0.2) is 40.1 Å². The molecule has 0 aromatic carbocycles. The van der Waals surface area contributed by atoms with Gasteiger partial charge in [0, 0.05) is 36.4 Å². The molecule has 1 fully saturated rings. The molecule has 6 heteroatoms. The molecule has 1 N–H and O–H groups in total. The molecule has 1 aliphatic heterocycles. The number of rotatable bonds is 6. The molecule has 2 aromatic rings. The Hall–Kier alpha value is -2.02. The van der Waals surface area contributed by atoms with Crippen LogP contribution in [0.3, 0.4) is 0 Å². The molecule has 0 spiro atoms. The SMILES string of the molecule is O=C(C=Cc1cc(CO)cs1)N1CCC(OCc2cccnc2)CC1. The third-order valence-corrected chi connectivity index (χ3v) is 5.16. The zero-order valence-corrected chi connectivity index (χ0v) is 14.8. The van der Waals surface area contributed by atoms with Gasteiger partial charge in [-0.3, -0.25) is 9.78 Å². The first-order chi connectivity index (χ1) is 12.2. The Morgan fingerprint density at radius 2 is 2.24 bits per heavy atom. The molecule has 5 nitrogen and oxygen atoms in total. The van der Waals surface area contributed by atoms with Gasteiger partial charge >= 0.3 is 0 Å². The monoisotopic (exact) mass is 358 g/mol. The molecular formula is C19H22N2O3S. The van der Waals surface area contributed by atoms with Crippen molar-refractivity contribution in [3.8, 4) is 0 Å². The smallest absolute Gasteiger partial charge is 0.246 e. The normalized spacial score (nSPS) is 15.8. The summed E-state index contributed by atoms with van der Waals surface area (Å²) in [5.41, 5.74) is 1.95. The number of hydrogen-bond donors (Lipinski definition) is 1. The summed E-state index contributed by atoms with van der Waals surface area (Å²) < 4.78 is 5.92. The van der Waals surface area contributed by atoms with Gasteiger partial charge in [-0.25, -0.2) is 0 Å². The van der Waals surface area contributed by atoms with E-state index >= 15 is 0 Å². The quantitative estimate of drug-likeness (QED) is 0.807. The molecule has 0 bridgehead atoms. The van der Waals surface area contributed by atoms with E-state index in [1.165, 1.54) is 11.3 Å². The lowest BCUT2D eigenvalue weighted by Crippen LogP contribution is -2.40. The minimum Gasteiger partial charge on any atom is -0.392 e. The minimum absolute atomic E-state index is 0.0321. The van der Waals surface area contributed by atoms with Crippen molar-refractivity contribution in [3.63, 3.8) is 0 Å². The zero-order valence-electron chi connectivity index (χ0n) is 14.0. The number of carbonyl (C=O) groups excluding carboxylic acids is 1. The number of amides is 1. The standard InChI is InChI=1S/C19H22N2O3S/c22-12-16-10-18(25-14-16)3-4-19(23)21-8-5-17(6-9-21)24-13-15-2-1-7-20-11-15/h1-4,7,10-11,14,17,22H,5-6,8-9,12-13H2. The zero-order chi connectivity index (χ0) is 17.5. The van der Waals surface area contributed by atoms with Gasteiger partial charge in [0.2, 0.25) is 5.91 Å². The summed E-state index contributed by atoms with van der Waals surface area (Å²) in [6, 6.07) is 5.81. The highest BCUT2D eigenvalue weighted by atomic mass is 32.1. The molecule has 2 aromatic heterocycles. The Bertz CT molecular complexity index is 706. The van der Waals surface area contributed by atoms with Gasteiger partial charge in [-0.1, -0.05) is 6.07 Å². The van der Waals surface area contributed by atoms with Crippen LogP contribution in [0.4, 0.5) is 0 Å². The molecule has 0 radical (unpaired) electrons. The van der Waals surface area contributed by atoms with Crippen LogP contribution in [0.15, 0.2) is 42.0 Å². The van der Waals surface area contributed by atoms with Crippen LogP contribution in [0.2, 0.25) is 0 Å². The van der Waals surface area contributed by atoms with E-state index in [-0.39, 0.29) is 18.6 Å². The average molecular weight is 358 g/mol. The van der Waals surface area contributed by atoms with E-state index in [1.54, 1.807) is 12.3 Å². The third kappa shape index (κ3) is 5.22. The van der Waals surface area contributed by atoms with Crippen LogP contribution >= 0.6 is 11.3 Å². The second-order valence-electron chi connectivity index (χ2n) is 6.05. The van der Waals surface area contributed by atoms with Crippen LogP contribution < -0.4 is 0 Å². The van der Waals surface area contributed by atoms with E-state index in [4.69, 9.17) is 9.84 Å². The Morgan fingerprint density at radius 3 is 2.92 bits per heavy atom. The van der Waals surface area contributed by atoms with Gasteiger partial charge in [-0.05, 0) is 47.6 Å².